The Morgan fingerprint density at radius 1 is 1.12 bits per heavy atom. The van der Waals surface area contributed by atoms with E-state index < -0.39 is 0 Å². The minimum Gasteiger partial charge on any atom is -0.334 e. The van der Waals surface area contributed by atoms with Crippen LogP contribution in [0.4, 0.5) is 5.69 Å². The first-order valence-corrected chi connectivity index (χ1v) is 9.00. The average Bonchev–Trinajstić information content (AvgIpc) is 3.15. The van der Waals surface area contributed by atoms with Gasteiger partial charge in [0.2, 0.25) is 0 Å². The topological polar surface area (TPSA) is 52.7 Å². The molecule has 0 spiro atoms. The summed E-state index contributed by atoms with van der Waals surface area (Å²) in [6.45, 7) is 1.56. The van der Waals surface area contributed by atoms with Gasteiger partial charge in [-0.1, -0.05) is 24.3 Å². The highest BCUT2D eigenvalue weighted by Gasteiger charge is 2.29. The van der Waals surface area contributed by atoms with Gasteiger partial charge in [0.1, 0.15) is 0 Å². The number of rotatable bonds is 5. The number of anilines is 1. The highest BCUT2D eigenvalue weighted by atomic mass is 16.2. The van der Waals surface area contributed by atoms with Crippen LogP contribution in [0, 0.1) is 0 Å². The van der Waals surface area contributed by atoms with Gasteiger partial charge in [0.25, 0.3) is 11.8 Å². The zero-order valence-electron chi connectivity index (χ0n) is 15.3. The molecule has 136 valence electrons. The van der Waals surface area contributed by atoms with Crippen molar-refractivity contribution in [2.45, 2.75) is 18.9 Å². The molecule has 1 heterocycles. The lowest BCUT2D eigenvalue weighted by molar-refractivity contribution is 0.0737. The molecule has 1 aliphatic heterocycles. The van der Waals surface area contributed by atoms with Gasteiger partial charge in [-0.2, -0.15) is 0 Å². The Bertz CT molecular complexity index is 776. The fourth-order valence-electron chi connectivity index (χ4n) is 3.46. The molecule has 2 aromatic carbocycles. The van der Waals surface area contributed by atoms with Crippen molar-refractivity contribution in [1.29, 1.82) is 0 Å². The summed E-state index contributed by atoms with van der Waals surface area (Å²) in [4.78, 5) is 29.2. The Kier molecular flexibility index (Phi) is 5.68. The summed E-state index contributed by atoms with van der Waals surface area (Å²) in [5, 5.41) is 3.15. The number of nitrogens with one attached hydrogen (secondary N) is 1. The molecular weight excluding hydrogens is 326 g/mol. The van der Waals surface area contributed by atoms with E-state index in [0.29, 0.717) is 11.1 Å². The third kappa shape index (κ3) is 3.78. The minimum atomic E-state index is -0.126. The number of amides is 2. The van der Waals surface area contributed by atoms with Crippen LogP contribution in [-0.4, -0.2) is 49.9 Å². The second-order valence-electron chi connectivity index (χ2n) is 6.63. The zero-order valence-corrected chi connectivity index (χ0v) is 15.3. The molecule has 2 aromatic rings. The van der Waals surface area contributed by atoms with Crippen molar-refractivity contribution in [2.75, 3.05) is 32.1 Å². The molecule has 0 radical (unpaired) electrons. The summed E-state index contributed by atoms with van der Waals surface area (Å²) in [6, 6.07) is 16.7. The monoisotopic (exact) mass is 351 g/mol. The molecule has 0 saturated carbocycles. The molecule has 1 aliphatic rings. The SMILES string of the molecule is CNCC1CCCN1C(=O)c1cccc(C(=O)N(C)c2ccccc2)c1. The Labute approximate surface area is 154 Å². The van der Waals surface area contributed by atoms with Crippen LogP contribution in [0.15, 0.2) is 54.6 Å². The van der Waals surface area contributed by atoms with E-state index in [-0.39, 0.29) is 17.9 Å². The van der Waals surface area contributed by atoms with Crippen LogP contribution in [0.2, 0.25) is 0 Å². The van der Waals surface area contributed by atoms with Crippen LogP contribution in [0.5, 0.6) is 0 Å². The van der Waals surface area contributed by atoms with Crippen molar-refractivity contribution >= 4 is 17.5 Å². The van der Waals surface area contributed by atoms with Gasteiger partial charge in [0.15, 0.2) is 0 Å². The number of likely N-dealkylation sites (N-methyl/N-ethyl adjacent to an activating group) is 1. The lowest BCUT2D eigenvalue weighted by atomic mass is 10.1. The number of likely N-dealkylation sites (tertiary alicyclic amines) is 1. The highest BCUT2D eigenvalue weighted by molar-refractivity contribution is 6.07. The van der Waals surface area contributed by atoms with Gasteiger partial charge < -0.3 is 15.1 Å². The second-order valence-corrected chi connectivity index (χ2v) is 6.63. The van der Waals surface area contributed by atoms with Crippen LogP contribution in [-0.2, 0) is 0 Å². The first-order valence-electron chi connectivity index (χ1n) is 9.00. The third-order valence-corrected chi connectivity index (χ3v) is 4.88. The molecule has 1 unspecified atom stereocenters. The Hall–Kier alpha value is -2.66. The molecule has 26 heavy (non-hydrogen) atoms. The van der Waals surface area contributed by atoms with E-state index in [9.17, 15) is 9.59 Å². The fraction of sp³-hybridized carbons (Fsp3) is 0.333. The number of hydrogen-bond acceptors (Lipinski definition) is 3. The highest BCUT2D eigenvalue weighted by Crippen LogP contribution is 2.21. The summed E-state index contributed by atoms with van der Waals surface area (Å²) in [5.41, 5.74) is 1.91. The standard InChI is InChI=1S/C21H25N3O2/c1-22-15-19-12-7-13-24(19)21(26)17-9-6-8-16(14-17)20(25)23(2)18-10-4-3-5-11-18/h3-6,8-11,14,19,22H,7,12-13,15H2,1-2H3. The number of hydrogen-bond donors (Lipinski definition) is 1. The van der Waals surface area contributed by atoms with Crippen LogP contribution in [0.25, 0.3) is 0 Å². The normalized spacial score (nSPS) is 16.5. The molecular formula is C21H25N3O2. The van der Waals surface area contributed by atoms with E-state index in [0.717, 1.165) is 31.6 Å². The van der Waals surface area contributed by atoms with Crippen LogP contribution in [0.3, 0.4) is 0 Å². The maximum atomic E-state index is 12.9. The quantitative estimate of drug-likeness (QED) is 0.901. The maximum absolute atomic E-state index is 12.9. The molecule has 1 atom stereocenters. The number of para-hydroxylation sites is 1. The maximum Gasteiger partial charge on any atom is 0.258 e. The van der Waals surface area contributed by atoms with Gasteiger partial charge in [0.05, 0.1) is 0 Å². The van der Waals surface area contributed by atoms with Gasteiger partial charge in [-0.05, 0) is 50.2 Å². The lowest BCUT2D eigenvalue weighted by Gasteiger charge is -2.25. The molecule has 1 N–H and O–H groups in total. The molecule has 5 heteroatoms. The number of carbonyl (C=O) groups is 2. The van der Waals surface area contributed by atoms with Crippen molar-refractivity contribution in [1.82, 2.24) is 10.2 Å². The Balaban J connectivity index is 1.79. The van der Waals surface area contributed by atoms with Gasteiger partial charge in [-0.3, -0.25) is 9.59 Å². The second kappa shape index (κ2) is 8.15. The van der Waals surface area contributed by atoms with E-state index in [4.69, 9.17) is 0 Å². The molecule has 3 rings (SSSR count). The molecule has 0 aromatic heterocycles. The van der Waals surface area contributed by atoms with Crippen molar-refractivity contribution in [3.8, 4) is 0 Å². The number of carbonyl (C=O) groups excluding carboxylic acids is 2. The largest absolute Gasteiger partial charge is 0.334 e. The van der Waals surface area contributed by atoms with Crippen molar-refractivity contribution in [2.24, 2.45) is 0 Å². The van der Waals surface area contributed by atoms with Crippen molar-refractivity contribution < 1.29 is 9.59 Å². The van der Waals surface area contributed by atoms with E-state index in [1.807, 2.05) is 42.3 Å². The van der Waals surface area contributed by atoms with Crippen molar-refractivity contribution in [3.63, 3.8) is 0 Å². The molecule has 5 nitrogen and oxygen atoms in total. The molecule has 1 saturated heterocycles. The number of nitrogens with zero attached hydrogens (tertiary/aromatic N) is 2. The molecule has 1 fully saturated rings. The number of benzene rings is 2. The van der Waals surface area contributed by atoms with E-state index in [1.54, 1.807) is 36.2 Å². The van der Waals surface area contributed by atoms with E-state index in [1.165, 1.54) is 0 Å². The Morgan fingerprint density at radius 3 is 2.58 bits per heavy atom. The summed E-state index contributed by atoms with van der Waals surface area (Å²) in [6.07, 6.45) is 2.04. The van der Waals surface area contributed by atoms with Crippen LogP contribution < -0.4 is 10.2 Å². The fourth-order valence-corrected chi connectivity index (χ4v) is 3.46. The zero-order chi connectivity index (χ0) is 18.5. The predicted molar refractivity (Wildman–Crippen MR) is 104 cm³/mol. The van der Waals surface area contributed by atoms with Crippen molar-refractivity contribution in [3.05, 3.63) is 65.7 Å². The summed E-state index contributed by atoms with van der Waals surface area (Å²) >= 11 is 0. The lowest BCUT2D eigenvalue weighted by Crippen LogP contribution is -2.40. The van der Waals surface area contributed by atoms with Gasteiger partial charge >= 0.3 is 0 Å². The minimum absolute atomic E-state index is 0.000218. The van der Waals surface area contributed by atoms with Gasteiger partial charge in [-0.15, -0.1) is 0 Å². The van der Waals surface area contributed by atoms with E-state index in [2.05, 4.69) is 5.32 Å². The van der Waals surface area contributed by atoms with Crippen LogP contribution >= 0.6 is 0 Å². The molecule has 0 bridgehead atoms. The van der Waals surface area contributed by atoms with Gasteiger partial charge in [0, 0.05) is 43.0 Å². The third-order valence-electron chi connectivity index (χ3n) is 4.88. The van der Waals surface area contributed by atoms with Gasteiger partial charge in [-0.25, -0.2) is 0 Å². The summed E-state index contributed by atoms with van der Waals surface area (Å²) < 4.78 is 0. The smallest absolute Gasteiger partial charge is 0.258 e. The molecule has 0 aliphatic carbocycles. The molecule has 2 amide bonds. The average molecular weight is 351 g/mol. The predicted octanol–water partition coefficient (Wildman–Crippen LogP) is 2.79. The van der Waals surface area contributed by atoms with E-state index >= 15 is 0 Å². The summed E-state index contributed by atoms with van der Waals surface area (Å²) in [7, 11) is 3.65. The van der Waals surface area contributed by atoms with Crippen LogP contribution in [0.1, 0.15) is 33.6 Å². The first-order chi connectivity index (χ1) is 12.6. The Morgan fingerprint density at radius 2 is 1.85 bits per heavy atom. The first kappa shape index (κ1) is 18.1. The summed E-state index contributed by atoms with van der Waals surface area (Å²) in [5.74, 6) is -0.126.